The lowest BCUT2D eigenvalue weighted by atomic mass is 10.3. The van der Waals surface area contributed by atoms with E-state index in [1.165, 1.54) is 0 Å². The fourth-order valence-electron chi connectivity index (χ4n) is 1.67. The molecule has 7 heteroatoms. The maximum atomic E-state index is 11.7. The normalized spacial score (nSPS) is 10.1. The predicted octanol–water partition coefficient (Wildman–Crippen LogP) is 1.55. The molecule has 0 atom stereocenters. The SMILES string of the molecule is CCOC(=O)CCC(=O)Nc1ccc(-n2cccn2)nc1. The molecule has 0 aliphatic rings. The second kappa shape index (κ2) is 7.18. The molecule has 110 valence electrons. The molecule has 7 nitrogen and oxygen atoms in total. The first-order valence-electron chi connectivity index (χ1n) is 6.60. The Morgan fingerprint density at radius 1 is 1.33 bits per heavy atom. The summed E-state index contributed by atoms with van der Waals surface area (Å²) in [7, 11) is 0. The van der Waals surface area contributed by atoms with E-state index in [0.29, 0.717) is 18.1 Å². The van der Waals surface area contributed by atoms with Gasteiger partial charge in [0.2, 0.25) is 5.91 Å². The van der Waals surface area contributed by atoms with Gasteiger partial charge >= 0.3 is 5.97 Å². The zero-order valence-corrected chi connectivity index (χ0v) is 11.7. The van der Waals surface area contributed by atoms with Crippen LogP contribution in [0.25, 0.3) is 5.82 Å². The molecule has 0 saturated carbocycles. The van der Waals surface area contributed by atoms with Crippen LogP contribution in [0.15, 0.2) is 36.8 Å². The van der Waals surface area contributed by atoms with E-state index in [2.05, 4.69) is 15.4 Å². The summed E-state index contributed by atoms with van der Waals surface area (Å²) in [4.78, 5) is 27.0. The lowest BCUT2D eigenvalue weighted by Gasteiger charge is -2.06. The number of aromatic nitrogens is 3. The van der Waals surface area contributed by atoms with Crippen LogP contribution in [0, 0.1) is 0 Å². The third kappa shape index (κ3) is 4.41. The molecule has 0 radical (unpaired) electrons. The molecule has 0 unspecified atom stereocenters. The van der Waals surface area contributed by atoms with Gasteiger partial charge in [-0.05, 0) is 25.1 Å². The highest BCUT2D eigenvalue weighted by Crippen LogP contribution is 2.09. The Morgan fingerprint density at radius 3 is 2.81 bits per heavy atom. The average Bonchev–Trinajstić information content (AvgIpc) is 3.00. The van der Waals surface area contributed by atoms with Gasteiger partial charge in [0, 0.05) is 18.8 Å². The molecular weight excluding hydrogens is 272 g/mol. The number of pyridine rings is 1. The summed E-state index contributed by atoms with van der Waals surface area (Å²) >= 11 is 0. The van der Waals surface area contributed by atoms with E-state index in [9.17, 15) is 9.59 Å². The number of esters is 1. The molecule has 21 heavy (non-hydrogen) atoms. The molecule has 0 saturated heterocycles. The third-order valence-corrected chi connectivity index (χ3v) is 2.63. The number of amides is 1. The van der Waals surface area contributed by atoms with Crippen molar-refractivity contribution >= 4 is 17.6 Å². The lowest BCUT2D eigenvalue weighted by molar-refractivity contribution is -0.144. The minimum atomic E-state index is -0.375. The van der Waals surface area contributed by atoms with Crippen molar-refractivity contribution < 1.29 is 14.3 Å². The fraction of sp³-hybridized carbons (Fsp3) is 0.286. The minimum absolute atomic E-state index is 0.0679. The van der Waals surface area contributed by atoms with Crippen LogP contribution in [0.3, 0.4) is 0 Å². The summed E-state index contributed by atoms with van der Waals surface area (Å²) in [6, 6.07) is 5.27. The summed E-state index contributed by atoms with van der Waals surface area (Å²) < 4.78 is 6.38. The van der Waals surface area contributed by atoms with Gasteiger partial charge in [0.25, 0.3) is 0 Å². The van der Waals surface area contributed by atoms with E-state index in [1.807, 2.05) is 0 Å². The second-order valence-corrected chi connectivity index (χ2v) is 4.21. The van der Waals surface area contributed by atoms with Crippen LogP contribution < -0.4 is 5.32 Å². The maximum Gasteiger partial charge on any atom is 0.306 e. The molecule has 0 spiro atoms. The highest BCUT2D eigenvalue weighted by molar-refractivity contribution is 5.92. The smallest absolute Gasteiger partial charge is 0.306 e. The molecule has 0 bridgehead atoms. The van der Waals surface area contributed by atoms with Crippen molar-refractivity contribution in [1.82, 2.24) is 14.8 Å². The molecule has 2 aromatic rings. The molecular formula is C14H16N4O3. The molecule has 1 N–H and O–H groups in total. The van der Waals surface area contributed by atoms with Crippen LogP contribution >= 0.6 is 0 Å². The summed E-state index contributed by atoms with van der Waals surface area (Å²) in [6.45, 7) is 2.05. The number of nitrogens with zero attached hydrogens (tertiary/aromatic N) is 3. The van der Waals surface area contributed by atoms with Crippen molar-refractivity contribution in [2.45, 2.75) is 19.8 Å². The first-order valence-corrected chi connectivity index (χ1v) is 6.60. The van der Waals surface area contributed by atoms with Gasteiger partial charge in [0.1, 0.15) is 0 Å². The Kier molecular flexibility index (Phi) is 5.03. The molecule has 2 aromatic heterocycles. The fourth-order valence-corrected chi connectivity index (χ4v) is 1.67. The van der Waals surface area contributed by atoms with Crippen LogP contribution in [0.2, 0.25) is 0 Å². The van der Waals surface area contributed by atoms with Crippen LogP contribution in [-0.2, 0) is 14.3 Å². The van der Waals surface area contributed by atoms with E-state index in [1.54, 1.807) is 48.4 Å². The van der Waals surface area contributed by atoms with Crippen LogP contribution in [0.1, 0.15) is 19.8 Å². The number of rotatable bonds is 6. The number of hydrogen-bond donors (Lipinski definition) is 1. The number of anilines is 1. The average molecular weight is 288 g/mol. The molecule has 1 amide bonds. The van der Waals surface area contributed by atoms with Crippen LogP contribution in [0.5, 0.6) is 0 Å². The van der Waals surface area contributed by atoms with Gasteiger partial charge in [-0.2, -0.15) is 5.10 Å². The molecule has 2 rings (SSSR count). The van der Waals surface area contributed by atoms with Crippen molar-refractivity contribution in [2.24, 2.45) is 0 Å². The first kappa shape index (κ1) is 14.7. The Balaban J connectivity index is 1.85. The van der Waals surface area contributed by atoms with Gasteiger partial charge in [-0.1, -0.05) is 0 Å². The van der Waals surface area contributed by atoms with Gasteiger partial charge in [-0.25, -0.2) is 9.67 Å². The summed E-state index contributed by atoms with van der Waals surface area (Å²) in [6.07, 6.45) is 5.13. The maximum absolute atomic E-state index is 11.7. The zero-order chi connectivity index (χ0) is 15.1. The zero-order valence-electron chi connectivity index (χ0n) is 11.7. The molecule has 0 fully saturated rings. The standard InChI is InChI=1S/C14H16N4O3/c1-2-21-14(20)7-6-13(19)17-11-4-5-12(15-10-11)18-9-3-8-16-18/h3-5,8-10H,2,6-7H2,1H3,(H,17,19). The number of nitrogens with one attached hydrogen (secondary N) is 1. The monoisotopic (exact) mass is 288 g/mol. The topological polar surface area (TPSA) is 86.1 Å². The highest BCUT2D eigenvalue weighted by atomic mass is 16.5. The quantitative estimate of drug-likeness (QED) is 0.815. The molecule has 2 heterocycles. The minimum Gasteiger partial charge on any atom is -0.466 e. The molecule has 0 aliphatic heterocycles. The van der Waals surface area contributed by atoms with E-state index in [0.717, 1.165) is 0 Å². The van der Waals surface area contributed by atoms with E-state index < -0.39 is 0 Å². The Hall–Kier alpha value is -2.70. The van der Waals surface area contributed by atoms with Crippen LogP contribution in [0.4, 0.5) is 5.69 Å². The van der Waals surface area contributed by atoms with Gasteiger partial charge in [0.05, 0.1) is 24.9 Å². The van der Waals surface area contributed by atoms with Gasteiger partial charge in [0.15, 0.2) is 5.82 Å². The lowest BCUT2D eigenvalue weighted by Crippen LogP contribution is -2.14. The van der Waals surface area contributed by atoms with E-state index in [-0.39, 0.29) is 24.7 Å². The molecule has 0 aliphatic carbocycles. The Bertz CT molecular complexity index is 593. The van der Waals surface area contributed by atoms with Crippen molar-refractivity contribution in [1.29, 1.82) is 0 Å². The molecule has 0 aromatic carbocycles. The Labute approximate surface area is 121 Å². The van der Waals surface area contributed by atoms with Crippen molar-refractivity contribution in [3.63, 3.8) is 0 Å². The summed E-state index contributed by atoms with van der Waals surface area (Å²) in [5, 5.41) is 6.73. The number of ether oxygens (including phenoxy) is 1. The highest BCUT2D eigenvalue weighted by Gasteiger charge is 2.08. The predicted molar refractivity (Wildman–Crippen MR) is 75.9 cm³/mol. The summed E-state index contributed by atoms with van der Waals surface area (Å²) in [5.41, 5.74) is 0.569. The Morgan fingerprint density at radius 2 is 2.19 bits per heavy atom. The van der Waals surface area contributed by atoms with E-state index in [4.69, 9.17) is 4.74 Å². The largest absolute Gasteiger partial charge is 0.466 e. The second-order valence-electron chi connectivity index (χ2n) is 4.21. The third-order valence-electron chi connectivity index (χ3n) is 2.63. The summed E-state index contributed by atoms with van der Waals surface area (Å²) in [5.74, 6) is 0.0287. The number of carbonyl (C=O) groups is 2. The van der Waals surface area contributed by atoms with Gasteiger partial charge < -0.3 is 10.1 Å². The van der Waals surface area contributed by atoms with Crippen molar-refractivity contribution in [3.05, 3.63) is 36.8 Å². The first-order chi connectivity index (χ1) is 10.2. The van der Waals surface area contributed by atoms with Crippen LogP contribution in [-0.4, -0.2) is 33.2 Å². The van der Waals surface area contributed by atoms with Gasteiger partial charge in [-0.15, -0.1) is 0 Å². The number of carbonyl (C=O) groups excluding carboxylic acids is 2. The van der Waals surface area contributed by atoms with Gasteiger partial charge in [-0.3, -0.25) is 9.59 Å². The van der Waals surface area contributed by atoms with E-state index >= 15 is 0 Å². The van der Waals surface area contributed by atoms with Crippen molar-refractivity contribution in [2.75, 3.05) is 11.9 Å². The number of hydrogen-bond acceptors (Lipinski definition) is 5. The van der Waals surface area contributed by atoms with Crippen molar-refractivity contribution in [3.8, 4) is 5.82 Å².